The number of carbonyl (C=O) groups is 1. The lowest BCUT2D eigenvalue weighted by molar-refractivity contribution is -0.129. The molecule has 3 nitrogen and oxygen atoms in total. The van der Waals surface area contributed by atoms with Gasteiger partial charge < -0.3 is 0 Å². The Bertz CT molecular complexity index is 777. The fraction of sp³-hybridized carbons (Fsp3) is 0.579. The third-order valence-corrected chi connectivity index (χ3v) is 7.05. The Hall–Kier alpha value is -1.64. The van der Waals surface area contributed by atoms with Gasteiger partial charge in [0.15, 0.2) is 0 Å². The first-order valence-electron chi connectivity index (χ1n) is 8.66. The lowest BCUT2D eigenvalue weighted by Crippen LogP contribution is -2.42. The zero-order valence-electron chi connectivity index (χ0n) is 13.1. The summed E-state index contributed by atoms with van der Waals surface area (Å²) >= 11 is 0. The van der Waals surface area contributed by atoms with E-state index in [9.17, 15) is 4.79 Å². The van der Waals surface area contributed by atoms with Gasteiger partial charge in [0.2, 0.25) is 0 Å². The molecule has 2 saturated carbocycles. The van der Waals surface area contributed by atoms with E-state index < -0.39 is 0 Å². The Labute approximate surface area is 130 Å². The molecule has 2 aromatic rings. The quantitative estimate of drug-likeness (QED) is 0.798. The molecular weight excluding hydrogens is 272 g/mol. The first-order valence-corrected chi connectivity index (χ1v) is 8.66. The fourth-order valence-corrected chi connectivity index (χ4v) is 5.88. The molecule has 3 aliphatic rings. The van der Waals surface area contributed by atoms with E-state index >= 15 is 0 Å². The molecule has 22 heavy (non-hydrogen) atoms. The van der Waals surface area contributed by atoms with Crippen LogP contribution < -0.4 is 0 Å². The second kappa shape index (κ2) is 4.21. The van der Waals surface area contributed by atoms with Crippen molar-refractivity contribution in [2.75, 3.05) is 0 Å². The highest BCUT2D eigenvalue weighted by Gasteiger charge is 2.54. The molecule has 0 radical (unpaired) electrons. The van der Waals surface area contributed by atoms with Crippen molar-refractivity contribution in [3.63, 3.8) is 0 Å². The maximum absolute atomic E-state index is 12.4. The molecule has 5 rings (SSSR count). The topological polar surface area (TPSA) is 45.8 Å². The summed E-state index contributed by atoms with van der Waals surface area (Å²) in [6.07, 6.45) is 8.59. The van der Waals surface area contributed by atoms with Gasteiger partial charge in [0.05, 0.1) is 11.7 Å². The van der Waals surface area contributed by atoms with E-state index in [1.807, 2.05) is 6.20 Å². The van der Waals surface area contributed by atoms with Crippen molar-refractivity contribution in [2.24, 2.45) is 17.3 Å². The molecule has 4 atom stereocenters. The molecule has 3 heteroatoms. The van der Waals surface area contributed by atoms with Gasteiger partial charge in [-0.1, -0.05) is 13.0 Å². The second-order valence-electron chi connectivity index (χ2n) is 7.80. The van der Waals surface area contributed by atoms with Gasteiger partial charge in [-0.2, -0.15) is 5.10 Å². The molecule has 1 aromatic heterocycles. The normalized spacial score (nSPS) is 37.0. The monoisotopic (exact) mass is 294 g/mol. The number of aromatic nitrogens is 2. The van der Waals surface area contributed by atoms with Crippen molar-refractivity contribution in [1.29, 1.82) is 0 Å². The summed E-state index contributed by atoms with van der Waals surface area (Å²) in [5.74, 6) is 2.52. The predicted octanol–water partition coefficient (Wildman–Crippen LogP) is 3.99. The van der Waals surface area contributed by atoms with Crippen LogP contribution in [-0.4, -0.2) is 16.0 Å². The van der Waals surface area contributed by atoms with Crippen molar-refractivity contribution in [2.45, 2.75) is 51.4 Å². The summed E-state index contributed by atoms with van der Waals surface area (Å²) in [5, 5.41) is 8.63. The van der Waals surface area contributed by atoms with E-state index in [1.54, 1.807) is 5.56 Å². The standard InChI is InChI=1S/C19H22N2O/c1-19-9-8-13-11-4-6-17-15(10-20-21-17)12(11)2-3-14(13)16(19)5-7-18(19)22/h4,6,10,13-14,16H,2-3,5,7-9H2,1H3,(H,20,21). The van der Waals surface area contributed by atoms with Crippen molar-refractivity contribution in [1.82, 2.24) is 10.2 Å². The number of aryl methyl sites for hydroxylation is 1. The number of hydrogen-bond acceptors (Lipinski definition) is 2. The van der Waals surface area contributed by atoms with Gasteiger partial charge in [-0.15, -0.1) is 0 Å². The van der Waals surface area contributed by atoms with E-state index in [0.29, 0.717) is 23.5 Å². The summed E-state index contributed by atoms with van der Waals surface area (Å²) < 4.78 is 0. The van der Waals surface area contributed by atoms with Gasteiger partial charge >= 0.3 is 0 Å². The first kappa shape index (κ1) is 12.9. The highest BCUT2D eigenvalue weighted by atomic mass is 16.1. The van der Waals surface area contributed by atoms with E-state index in [0.717, 1.165) is 31.2 Å². The molecule has 0 amide bonds. The van der Waals surface area contributed by atoms with E-state index in [-0.39, 0.29) is 5.41 Å². The maximum atomic E-state index is 12.4. The number of nitrogens with zero attached hydrogens (tertiary/aromatic N) is 1. The van der Waals surface area contributed by atoms with Gasteiger partial charge in [0.1, 0.15) is 5.78 Å². The van der Waals surface area contributed by atoms with Gasteiger partial charge in [-0.3, -0.25) is 9.89 Å². The number of hydrogen-bond donors (Lipinski definition) is 1. The molecule has 4 unspecified atom stereocenters. The molecule has 0 bridgehead atoms. The Balaban J connectivity index is 1.61. The highest BCUT2D eigenvalue weighted by Crippen LogP contribution is 2.59. The minimum atomic E-state index is -0.0155. The largest absolute Gasteiger partial charge is 0.299 e. The number of aromatic amines is 1. The summed E-state index contributed by atoms with van der Waals surface area (Å²) in [5.41, 5.74) is 4.21. The van der Waals surface area contributed by atoms with Crippen LogP contribution in [0.15, 0.2) is 18.3 Å². The summed E-state index contributed by atoms with van der Waals surface area (Å²) in [6.45, 7) is 2.25. The highest BCUT2D eigenvalue weighted by molar-refractivity contribution is 5.87. The summed E-state index contributed by atoms with van der Waals surface area (Å²) in [7, 11) is 0. The van der Waals surface area contributed by atoms with Gasteiger partial charge in [-0.05, 0) is 67.1 Å². The number of benzene rings is 1. The Kier molecular flexibility index (Phi) is 2.46. The van der Waals surface area contributed by atoms with E-state index in [2.05, 4.69) is 29.3 Å². The SMILES string of the molecule is CC12CCC3c4ccc5[nH]ncc5c4CCC3C1CCC2=O. The third-order valence-electron chi connectivity index (χ3n) is 7.05. The van der Waals surface area contributed by atoms with Crippen LogP contribution in [0, 0.1) is 17.3 Å². The molecule has 0 aliphatic heterocycles. The molecule has 3 aliphatic carbocycles. The molecule has 0 saturated heterocycles. The van der Waals surface area contributed by atoms with Crippen LogP contribution in [0.25, 0.3) is 10.9 Å². The van der Waals surface area contributed by atoms with Crippen LogP contribution in [0.3, 0.4) is 0 Å². The molecular formula is C19H22N2O. The number of fused-ring (bicyclic) bond motifs is 7. The second-order valence-corrected chi connectivity index (χ2v) is 7.80. The van der Waals surface area contributed by atoms with Crippen LogP contribution in [0.5, 0.6) is 0 Å². The van der Waals surface area contributed by atoms with Crippen LogP contribution >= 0.6 is 0 Å². The van der Waals surface area contributed by atoms with Crippen LogP contribution in [-0.2, 0) is 11.2 Å². The number of Topliss-reactive ketones (excluding diaryl/α,β-unsaturated/α-hetero) is 1. The molecule has 1 aromatic carbocycles. The minimum absolute atomic E-state index is 0.0155. The van der Waals surface area contributed by atoms with Gasteiger partial charge in [0, 0.05) is 17.2 Å². The van der Waals surface area contributed by atoms with Crippen molar-refractivity contribution in [3.8, 4) is 0 Å². The average Bonchev–Trinajstić information content (AvgIpc) is 3.12. The average molecular weight is 294 g/mol. The molecule has 114 valence electrons. The van der Waals surface area contributed by atoms with Crippen molar-refractivity contribution < 1.29 is 4.79 Å². The summed E-state index contributed by atoms with van der Waals surface area (Å²) in [4.78, 5) is 12.4. The zero-order valence-corrected chi connectivity index (χ0v) is 13.1. The molecule has 0 spiro atoms. The molecule has 1 N–H and O–H groups in total. The molecule has 1 heterocycles. The zero-order chi connectivity index (χ0) is 14.9. The molecule has 2 fully saturated rings. The Morgan fingerprint density at radius 3 is 3.05 bits per heavy atom. The van der Waals surface area contributed by atoms with E-state index in [1.165, 1.54) is 23.8 Å². The number of carbonyl (C=O) groups excluding carboxylic acids is 1. The van der Waals surface area contributed by atoms with Crippen LogP contribution in [0.1, 0.15) is 56.1 Å². The van der Waals surface area contributed by atoms with Crippen molar-refractivity contribution >= 4 is 16.7 Å². The minimum Gasteiger partial charge on any atom is -0.299 e. The van der Waals surface area contributed by atoms with Gasteiger partial charge in [-0.25, -0.2) is 0 Å². The Morgan fingerprint density at radius 2 is 2.14 bits per heavy atom. The predicted molar refractivity (Wildman–Crippen MR) is 85.7 cm³/mol. The fourth-order valence-electron chi connectivity index (χ4n) is 5.88. The van der Waals surface area contributed by atoms with Crippen LogP contribution in [0.4, 0.5) is 0 Å². The lowest BCUT2D eigenvalue weighted by Gasteiger charge is -2.48. The van der Waals surface area contributed by atoms with E-state index in [4.69, 9.17) is 0 Å². The number of nitrogens with one attached hydrogen (secondary N) is 1. The maximum Gasteiger partial charge on any atom is 0.139 e. The number of rotatable bonds is 0. The van der Waals surface area contributed by atoms with Crippen molar-refractivity contribution in [3.05, 3.63) is 29.5 Å². The lowest BCUT2D eigenvalue weighted by atomic mass is 9.55. The summed E-state index contributed by atoms with van der Waals surface area (Å²) in [6, 6.07) is 4.52. The number of H-pyrrole nitrogens is 1. The third kappa shape index (κ3) is 1.47. The Morgan fingerprint density at radius 1 is 1.23 bits per heavy atom. The number of ketones is 1. The van der Waals surface area contributed by atoms with Crippen LogP contribution in [0.2, 0.25) is 0 Å². The first-order chi connectivity index (χ1) is 10.7. The van der Waals surface area contributed by atoms with Gasteiger partial charge in [0.25, 0.3) is 0 Å². The smallest absolute Gasteiger partial charge is 0.139 e.